The lowest BCUT2D eigenvalue weighted by molar-refractivity contribution is 0.773. The van der Waals surface area contributed by atoms with E-state index in [0.29, 0.717) is 5.92 Å². The van der Waals surface area contributed by atoms with Crippen molar-refractivity contribution in [1.29, 1.82) is 0 Å². The summed E-state index contributed by atoms with van der Waals surface area (Å²) in [7, 11) is 0. The van der Waals surface area contributed by atoms with Gasteiger partial charge in [-0.25, -0.2) is 0 Å². The van der Waals surface area contributed by atoms with Crippen molar-refractivity contribution in [2.45, 2.75) is 6.92 Å². The lowest BCUT2D eigenvalue weighted by atomic mass is 10.3. The highest BCUT2D eigenvalue weighted by molar-refractivity contribution is 9.09. The predicted octanol–water partition coefficient (Wildman–Crippen LogP) is 1.95. The molecule has 0 fully saturated rings. The van der Waals surface area contributed by atoms with Crippen LogP contribution in [-0.2, 0) is 0 Å². The average Bonchev–Trinajstić information content (AvgIpc) is 1.65. The molecule has 6 heavy (non-hydrogen) atoms. The normalized spacial score (nSPS) is 14.5. The van der Waals surface area contributed by atoms with E-state index in [1.54, 1.807) is 0 Å². The van der Waals surface area contributed by atoms with Crippen LogP contribution in [0.25, 0.3) is 0 Å². The molecule has 0 amide bonds. The molecule has 2 heteroatoms. The third kappa shape index (κ3) is 3.04. The SMILES string of the molecule is CC(CS)CBr. The third-order valence-corrected chi connectivity index (χ3v) is 2.30. The van der Waals surface area contributed by atoms with Crippen molar-refractivity contribution in [3.8, 4) is 0 Å². The van der Waals surface area contributed by atoms with Gasteiger partial charge in [-0.1, -0.05) is 22.9 Å². The van der Waals surface area contributed by atoms with E-state index in [1.165, 1.54) is 0 Å². The van der Waals surface area contributed by atoms with Gasteiger partial charge in [-0.2, -0.15) is 12.6 Å². The van der Waals surface area contributed by atoms with Crippen molar-refractivity contribution in [3.63, 3.8) is 0 Å². The summed E-state index contributed by atoms with van der Waals surface area (Å²) >= 11 is 7.39. The highest BCUT2D eigenvalue weighted by Gasteiger charge is 1.90. The minimum atomic E-state index is 0.716. The smallest absolute Gasteiger partial charge is 0.00648 e. The molecular formula is C4H9BrS. The van der Waals surface area contributed by atoms with Crippen molar-refractivity contribution >= 4 is 28.6 Å². The van der Waals surface area contributed by atoms with Crippen LogP contribution < -0.4 is 0 Å². The van der Waals surface area contributed by atoms with Crippen LogP contribution in [0, 0.1) is 5.92 Å². The molecular weight excluding hydrogens is 160 g/mol. The summed E-state index contributed by atoms with van der Waals surface area (Å²) in [6.07, 6.45) is 0. The Morgan fingerprint density at radius 3 is 2.33 bits per heavy atom. The van der Waals surface area contributed by atoms with E-state index < -0.39 is 0 Å². The van der Waals surface area contributed by atoms with Gasteiger partial charge < -0.3 is 0 Å². The Bertz CT molecular complexity index is 26.7. The van der Waals surface area contributed by atoms with E-state index in [-0.39, 0.29) is 0 Å². The topological polar surface area (TPSA) is 0 Å². The zero-order valence-electron chi connectivity index (χ0n) is 3.82. The van der Waals surface area contributed by atoms with Gasteiger partial charge in [-0.3, -0.25) is 0 Å². The standard InChI is InChI=1S/C4H9BrS/c1-4(2-5)3-6/h4,6H,2-3H2,1H3. The summed E-state index contributed by atoms with van der Waals surface area (Å²) < 4.78 is 0. The molecule has 0 nitrogen and oxygen atoms in total. The molecule has 38 valence electrons. The Labute approximate surface area is 52.9 Å². The van der Waals surface area contributed by atoms with Crippen molar-refractivity contribution in [1.82, 2.24) is 0 Å². The molecule has 0 aliphatic heterocycles. The monoisotopic (exact) mass is 168 g/mol. The molecule has 0 aliphatic carbocycles. The Morgan fingerprint density at radius 1 is 1.83 bits per heavy atom. The van der Waals surface area contributed by atoms with E-state index in [9.17, 15) is 0 Å². The maximum absolute atomic E-state index is 4.07. The predicted molar refractivity (Wildman–Crippen MR) is 36.8 cm³/mol. The number of hydrogen-bond acceptors (Lipinski definition) is 1. The number of rotatable bonds is 2. The maximum Gasteiger partial charge on any atom is 0.00648 e. The minimum absolute atomic E-state index is 0.716. The first-order chi connectivity index (χ1) is 2.81. The zero-order chi connectivity index (χ0) is 4.99. The second kappa shape index (κ2) is 4.00. The molecule has 0 heterocycles. The van der Waals surface area contributed by atoms with E-state index in [1.807, 2.05) is 0 Å². The highest BCUT2D eigenvalue weighted by atomic mass is 79.9. The lowest BCUT2D eigenvalue weighted by Crippen LogP contribution is -1.94. The van der Waals surface area contributed by atoms with Gasteiger partial charge in [0.1, 0.15) is 0 Å². The van der Waals surface area contributed by atoms with Crippen LogP contribution in [0.1, 0.15) is 6.92 Å². The fourth-order valence-corrected chi connectivity index (χ4v) is 0.761. The first kappa shape index (κ1) is 6.83. The summed E-state index contributed by atoms with van der Waals surface area (Å²) in [6, 6.07) is 0. The van der Waals surface area contributed by atoms with E-state index in [2.05, 4.69) is 35.5 Å². The number of halogens is 1. The summed E-state index contributed by atoms with van der Waals surface area (Å²) in [6.45, 7) is 2.15. The van der Waals surface area contributed by atoms with Crippen LogP contribution in [-0.4, -0.2) is 11.1 Å². The van der Waals surface area contributed by atoms with Crippen LogP contribution in [0.2, 0.25) is 0 Å². The van der Waals surface area contributed by atoms with Gasteiger partial charge in [0, 0.05) is 5.33 Å². The molecule has 0 aromatic heterocycles. The Morgan fingerprint density at radius 2 is 2.33 bits per heavy atom. The van der Waals surface area contributed by atoms with Crippen LogP contribution >= 0.6 is 28.6 Å². The van der Waals surface area contributed by atoms with Crippen LogP contribution in [0.4, 0.5) is 0 Å². The molecule has 1 unspecified atom stereocenters. The molecule has 0 aromatic rings. The van der Waals surface area contributed by atoms with Crippen molar-refractivity contribution in [2.75, 3.05) is 11.1 Å². The third-order valence-electron chi connectivity index (χ3n) is 0.575. The molecule has 0 radical (unpaired) electrons. The van der Waals surface area contributed by atoms with Gasteiger partial charge in [0.15, 0.2) is 0 Å². The molecule has 0 aliphatic rings. The minimum Gasteiger partial charge on any atom is -0.179 e. The average molecular weight is 169 g/mol. The van der Waals surface area contributed by atoms with Crippen molar-refractivity contribution < 1.29 is 0 Å². The Kier molecular flexibility index (Phi) is 4.56. The van der Waals surface area contributed by atoms with Gasteiger partial charge >= 0.3 is 0 Å². The van der Waals surface area contributed by atoms with Gasteiger partial charge in [-0.05, 0) is 11.7 Å². The lowest BCUT2D eigenvalue weighted by Gasteiger charge is -1.96. The zero-order valence-corrected chi connectivity index (χ0v) is 6.30. The fourth-order valence-electron chi connectivity index (χ4n) is 0.0488. The molecule has 1 atom stereocenters. The highest BCUT2D eigenvalue weighted by Crippen LogP contribution is 1.99. The largest absolute Gasteiger partial charge is 0.179 e. The number of alkyl halides is 1. The summed E-state index contributed by atoms with van der Waals surface area (Å²) in [4.78, 5) is 0. The molecule has 0 saturated heterocycles. The molecule has 0 spiro atoms. The van der Waals surface area contributed by atoms with Gasteiger partial charge in [0.25, 0.3) is 0 Å². The van der Waals surface area contributed by atoms with Gasteiger partial charge in [0.05, 0.1) is 0 Å². The Hall–Kier alpha value is 0.830. The second-order valence-electron chi connectivity index (χ2n) is 1.44. The summed E-state index contributed by atoms with van der Waals surface area (Å²) in [5.41, 5.74) is 0. The van der Waals surface area contributed by atoms with Crippen LogP contribution in [0.3, 0.4) is 0 Å². The van der Waals surface area contributed by atoms with Crippen molar-refractivity contribution in [3.05, 3.63) is 0 Å². The quantitative estimate of drug-likeness (QED) is 0.474. The molecule has 0 aromatic carbocycles. The van der Waals surface area contributed by atoms with Gasteiger partial charge in [-0.15, -0.1) is 0 Å². The summed E-state index contributed by atoms with van der Waals surface area (Å²) in [5, 5.41) is 1.07. The Balaban J connectivity index is 2.75. The number of hydrogen-bond donors (Lipinski definition) is 1. The molecule has 0 N–H and O–H groups in total. The van der Waals surface area contributed by atoms with Crippen molar-refractivity contribution in [2.24, 2.45) is 5.92 Å². The maximum atomic E-state index is 4.07. The first-order valence-electron chi connectivity index (χ1n) is 1.98. The van der Waals surface area contributed by atoms with E-state index >= 15 is 0 Å². The van der Waals surface area contributed by atoms with Gasteiger partial charge in [0.2, 0.25) is 0 Å². The molecule has 0 rings (SSSR count). The van der Waals surface area contributed by atoms with E-state index in [0.717, 1.165) is 11.1 Å². The summed E-state index contributed by atoms with van der Waals surface area (Å²) in [5.74, 6) is 1.69. The molecule has 0 bridgehead atoms. The fraction of sp³-hybridized carbons (Fsp3) is 1.00. The van der Waals surface area contributed by atoms with Crippen LogP contribution in [0.15, 0.2) is 0 Å². The van der Waals surface area contributed by atoms with E-state index in [4.69, 9.17) is 0 Å². The first-order valence-corrected chi connectivity index (χ1v) is 3.73. The van der Waals surface area contributed by atoms with Crippen LogP contribution in [0.5, 0.6) is 0 Å². The second-order valence-corrected chi connectivity index (χ2v) is 2.45. The molecule has 0 saturated carbocycles. The number of thiol groups is 1.